The summed E-state index contributed by atoms with van der Waals surface area (Å²) < 4.78 is 5.40. The number of aliphatic hydroxyl groups is 1. The summed E-state index contributed by atoms with van der Waals surface area (Å²) in [6.07, 6.45) is 4.33. The third-order valence-corrected chi connectivity index (χ3v) is 4.21. The maximum Gasteiger partial charge on any atom is 0.124 e. The molecule has 1 unspecified atom stereocenters. The lowest BCUT2D eigenvalue weighted by Crippen LogP contribution is -2.19. The van der Waals surface area contributed by atoms with Crippen LogP contribution in [0.15, 0.2) is 18.2 Å². The fraction of sp³-hybridized carbons (Fsp3) is 0.625. The Morgan fingerprint density at radius 3 is 2.50 bits per heavy atom. The molecule has 1 aliphatic carbocycles. The van der Waals surface area contributed by atoms with Crippen molar-refractivity contribution in [1.29, 1.82) is 0 Å². The van der Waals surface area contributed by atoms with Gasteiger partial charge in [-0.05, 0) is 43.2 Å². The molecule has 0 aromatic heterocycles. The molecule has 2 heteroatoms. The van der Waals surface area contributed by atoms with E-state index < -0.39 is 0 Å². The van der Waals surface area contributed by atoms with E-state index in [0.717, 1.165) is 30.1 Å². The van der Waals surface area contributed by atoms with Crippen molar-refractivity contribution in [2.45, 2.75) is 45.6 Å². The third-order valence-electron chi connectivity index (χ3n) is 4.21. The fourth-order valence-electron chi connectivity index (χ4n) is 2.92. The molecule has 0 saturated heterocycles. The lowest BCUT2D eigenvalue weighted by Gasteiger charge is -2.30. The summed E-state index contributed by atoms with van der Waals surface area (Å²) in [5.74, 6) is 2.02. The van der Waals surface area contributed by atoms with Gasteiger partial charge in [-0.2, -0.15) is 0 Å². The van der Waals surface area contributed by atoms with Gasteiger partial charge in [0.2, 0.25) is 0 Å². The number of benzene rings is 1. The van der Waals surface area contributed by atoms with Crippen molar-refractivity contribution in [3.63, 3.8) is 0 Å². The highest BCUT2D eigenvalue weighted by molar-refractivity contribution is 5.38. The van der Waals surface area contributed by atoms with Crippen molar-refractivity contribution in [2.75, 3.05) is 7.11 Å². The molecule has 2 nitrogen and oxygen atoms in total. The maximum absolute atomic E-state index is 10.6. The van der Waals surface area contributed by atoms with Crippen LogP contribution in [0.3, 0.4) is 0 Å². The molecule has 2 rings (SSSR count). The SMILES string of the molecule is COc1cc(C)ccc1C(O)C1CCC(C)CC1. The quantitative estimate of drug-likeness (QED) is 0.880. The molecular weight excluding hydrogens is 224 g/mol. The van der Waals surface area contributed by atoms with E-state index >= 15 is 0 Å². The van der Waals surface area contributed by atoms with Crippen LogP contribution < -0.4 is 4.74 Å². The van der Waals surface area contributed by atoms with Gasteiger partial charge in [0, 0.05) is 5.56 Å². The lowest BCUT2D eigenvalue weighted by molar-refractivity contribution is 0.0734. The monoisotopic (exact) mass is 248 g/mol. The molecule has 1 aliphatic rings. The Bertz CT molecular complexity index is 392. The number of hydrogen-bond acceptors (Lipinski definition) is 2. The van der Waals surface area contributed by atoms with Crippen molar-refractivity contribution in [3.8, 4) is 5.75 Å². The van der Waals surface area contributed by atoms with Crippen molar-refractivity contribution in [1.82, 2.24) is 0 Å². The molecule has 0 radical (unpaired) electrons. The second kappa shape index (κ2) is 5.75. The molecule has 0 spiro atoms. The predicted molar refractivity (Wildman–Crippen MR) is 73.8 cm³/mol. The average Bonchev–Trinajstić information content (AvgIpc) is 2.38. The summed E-state index contributed by atoms with van der Waals surface area (Å²) >= 11 is 0. The van der Waals surface area contributed by atoms with Gasteiger partial charge < -0.3 is 9.84 Å². The first kappa shape index (κ1) is 13.4. The van der Waals surface area contributed by atoms with Gasteiger partial charge in [-0.1, -0.05) is 31.9 Å². The minimum absolute atomic E-state index is 0.381. The van der Waals surface area contributed by atoms with Gasteiger partial charge in [-0.25, -0.2) is 0 Å². The van der Waals surface area contributed by atoms with Gasteiger partial charge in [0.25, 0.3) is 0 Å². The summed E-state index contributed by atoms with van der Waals surface area (Å²) in [4.78, 5) is 0. The van der Waals surface area contributed by atoms with Crippen molar-refractivity contribution < 1.29 is 9.84 Å². The first-order chi connectivity index (χ1) is 8.61. The van der Waals surface area contributed by atoms with Crippen LogP contribution in [-0.4, -0.2) is 12.2 Å². The van der Waals surface area contributed by atoms with E-state index in [1.54, 1.807) is 7.11 Å². The first-order valence-corrected chi connectivity index (χ1v) is 6.94. The third kappa shape index (κ3) is 2.86. The Hall–Kier alpha value is -1.02. The molecule has 1 fully saturated rings. The Morgan fingerprint density at radius 2 is 1.89 bits per heavy atom. The summed E-state index contributed by atoms with van der Waals surface area (Å²) in [7, 11) is 1.67. The molecule has 18 heavy (non-hydrogen) atoms. The second-order valence-electron chi connectivity index (χ2n) is 5.71. The minimum Gasteiger partial charge on any atom is -0.496 e. The highest BCUT2D eigenvalue weighted by Crippen LogP contribution is 2.39. The number of aryl methyl sites for hydroxylation is 1. The highest BCUT2D eigenvalue weighted by Gasteiger charge is 2.27. The molecule has 1 aromatic carbocycles. The summed E-state index contributed by atoms with van der Waals surface area (Å²) in [5, 5.41) is 10.6. The molecule has 100 valence electrons. The van der Waals surface area contributed by atoms with Crippen molar-refractivity contribution >= 4 is 0 Å². The van der Waals surface area contributed by atoms with E-state index in [-0.39, 0.29) is 6.10 Å². The van der Waals surface area contributed by atoms with E-state index in [0.29, 0.717) is 5.92 Å². The zero-order valence-corrected chi connectivity index (χ0v) is 11.6. The number of methoxy groups -OCH3 is 1. The minimum atomic E-state index is -0.381. The largest absolute Gasteiger partial charge is 0.496 e. The molecule has 0 aliphatic heterocycles. The van der Waals surface area contributed by atoms with E-state index in [4.69, 9.17) is 4.74 Å². The number of rotatable bonds is 3. The second-order valence-corrected chi connectivity index (χ2v) is 5.71. The Kier molecular flexibility index (Phi) is 4.28. The van der Waals surface area contributed by atoms with Gasteiger partial charge in [-0.3, -0.25) is 0 Å². The van der Waals surface area contributed by atoms with E-state index in [1.807, 2.05) is 25.1 Å². The molecule has 1 atom stereocenters. The van der Waals surface area contributed by atoms with Crippen LogP contribution in [0.2, 0.25) is 0 Å². The number of ether oxygens (including phenoxy) is 1. The zero-order chi connectivity index (χ0) is 13.1. The van der Waals surface area contributed by atoms with E-state index in [1.165, 1.54) is 18.4 Å². The number of aliphatic hydroxyl groups excluding tert-OH is 1. The topological polar surface area (TPSA) is 29.5 Å². The van der Waals surface area contributed by atoms with Crippen LogP contribution in [-0.2, 0) is 0 Å². The normalized spacial score (nSPS) is 25.8. The molecular formula is C16H24O2. The van der Waals surface area contributed by atoms with Crippen molar-refractivity contribution in [3.05, 3.63) is 29.3 Å². The van der Waals surface area contributed by atoms with Gasteiger partial charge in [0.1, 0.15) is 5.75 Å². The van der Waals surface area contributed by atoms with Crippen LogP contribution in [0, 0.1) is 18.8 Å². The molecule has 0 heterocycles. The Balaban J connectivity index is 2.15. The summed E-state index contributed by atoms with van der Waals surface area (Å²) in [5.41, 5.74) is 2.11. The predicted octanol–water partition coefficient (Wildman–Crippen LogP) is 3.86. The van der Waals surface area contributed by atoms with Crippen LogP contribution in [0.5, 0.6) is 5.75 Å². The van der Waals surface area contributed by atoms with E-state index in [9.17, 15) is 5.11 Å². The lowest BCUT2D eigenvalue weighted by atomic mass is 9.78. The molecule has 0 amide bonds. The summed E-state index contributed by atoms with van der Waals surface area (Å²) in [6.45, 7) is 4.34. The highest BCUT2D eigenvalue weighted by atomic mass is 16.5. The maximum atomic E-state index is 10.6. The molecule has 1 aromatic rings. The van der Waals surface area contributed by atoms with Crippen LogP contribution in [0.25, 0.3) is 0 Å². The van der Waals surface area contributed by atoms with E-state index in [2.05, 4.69) is 6.92 Å². The van der Waals surface area contributed by atoms with Crippen LogP contribution in [0.4, 0.5) is 0 Å². The number of hydrogen-bond donors (Lipinski definition) is 1. The first-order valence-electron chi connectivity index (χ1n) is 6.94. The van der Waals surface area contributed by atoms with Crippen LogP contribution >= 0.6 is 0 Å². The standard InChI is InChI=1S/C16H24O2/c1-11-4-7-13(8-5-11)16(17)14-9-6-12(2)10-15(14)18-3/h6,9-11,13,16-17H,4-5,7-8H2,1-3H3. The van der Waals surface area contributed by atoms with Crippen molar-refractivity contribution in [2.24, 2.45) is 11.8 Å². The molecule has 1 saturated carbocycles. The smallest absolute Gasteiger partial charge is 0.124 e. The van der Waals surface area contributed by atoms with Gasteiger partial charge in [0.15, 0.2) is 0 Å². The van der Waals surface area contributed by atoms with Gasteiger partial charge >= 0.3 is 0 Å². The molecule has 1 N–H and O–H groups in total. The van der Waals surface area contributed by atoms with Gasteiger partial charge in [-0.15, -0.1) is 0 Å². The Morgan fingerprint density at radius 1 is 1.22 bits per heavy atom. The van der Waals surface area contributed by atoms with Crippen LogP contribution in [0.1, 0.15) is 49.8 Å². The van der Waals surface area contributed by atoms with Gasteiger partial charge in [0.05, 0.1) is 13.2 Å². The zero-order valence-electron chi connectivity index (χ0n) is 11.6. The average molecular weight is 248 g/mol. The summed E-state index contributed by atoms with van der Waals surface area (Å²) in [6, 6.07) is 6.06. The Labute approximate surface area is 110 Å². The molecule has 0 bridgehead atoms. The fourth-order valence-corrected chi connectivity index (χ4v) is 2.92.